The molecule has 114 valence electrons. The van der Waals surface area contributed by atoms with Crippen LogP contribution in [-0.2, 0) is 9.59 Å². The highest BCUT2D eigenvalue weighted by molar-refractivity contribution is 7.80. The molecule has 1 atom stereocenters. The van der Waals surface area contributed by atoms with Crippen molar-refractivity contribution in [2.24, 2.45) is 0 Å². The second kappa shape index (κ2) is 6.95. The number of amides is 1. The Bertz CT molecular complexity index is 796. The Morgan fingerprint density at radius 2 is 2.09 bits per heavy atom. The van der Waals surface area contributed by atoms with Crippen LogP contribution >= 0.6 is 12.6 Å². The minimum atomic E-state index is -1.18. The fraction of sp³-hybridized carbons (Fsp3) is 0.133. The van der Waals surface area contributed by atoms with Gasteiger partial charge >= 0.3 is 5.97 Å². The summed E-state index contributed by atoms with van der Waals surface area (Å²) in [7, 11) is 0. The van der Waals surface area contributed by atoms with E-state index in [-0.39, 0.29) is 16.7 Å². The number of fused-ring (bicyclic) bond motifs is 1. The molecule has 2 aromatic rings. The van der Waals surface area contributed by atoms with Crippen molar-refractivity contribution in [3.8, 4) is 0 Å². The average Bonchev–Trinajstić information content (AvgIpc) is 2.52. The molecule has 1 unspecified atom stereocenters. The number of benzene rings is 1. The molecule has 0 spiro atoms. The highest BCUT2D eigenvalue weighted by Crippen LogP contribution is 2.11. The standard InChI is InChI=1S/C15H13NO5S/c17-13(16-11(8-22)15(19)20)6-5-9-7-21-12-4-2-1-3-10(12)14(9)18/h1-7,11,22H,8H2,(H,16,17)(H,19,20)/b6-5+. The summed E-state index contributed by atoms with van der Waals surface area (Å²) in [5, 5.41) is 11.5. The maximum absolute atomic E-state index is 12.2. The molecule has 0 saturated heterocycles. The number of carboxylic acid groups (broad SMARTS) is 1. The number of para-hydroxylation sites is 1. The lowest BCUT2D eigenvalue weighted by molar-refractivity contribution is -0.140. The third kappa shape index (κ3) is 3.56. The van der Waals surface area contributed by atoms with E-state index in [0.29, 0.717) is 11.0 Å². The van der Waals surface area contributed by atoms with E-state index in [4.69, 9.17) is 9.52 Å². The number of aliphatic carboxylic acids is 1. The van der Waals surface area contributed by atoms with Crippen molar-refractivity contribution >= 4 is 41.6 Å². The SMILES string of the molecule is O=C(/C=C/c1coc2ccccc2c1=O)NC(CS)C(=O)O. The van der Waals surface area contributed by atoms with Gasteiger partial charge in [0.1, 0.15) is 17.9 Å². The van der Waals surface area contributed by atoms with E-state index >= 15 is 0 Å². The average molecular weight is 319 g/mol. The molecule has 0 radical (unpaired) electrons. The third-order valence-electron chi connectivity index (χ3n) is 2.92. The summed E-state index contributed by atoms with van der Waals surface area (Å²) in [6, 6.07) is 5.66. The quantitative estimate of drug-likeness (QED) is 0.570. The first-order valence-electron chi connectivity index (χ1n) is 6.35. The molecular formula is C15H13NO5S. The molecule has 1 heterocycles. The molecule has 1 aromatic carbocycles. The zero-order valence-corrected chi connectivity index (χ0v) is 12.2. The Morgan fingerprint density at radius 1 is 1.36 bits per heavy atom. The Morgan fingerprint density at radius 3 is 2.77 bits per heavy atom. The zero-order chi connectivity index (χ0) is 16.1. The van der Waals surface area contributed by atoms with Crippen LogP contribution in [0.2, 0.25) is 0 Å². The van der Waals surface area contributed by atoms with Gasteiger partial charge in [-0.1, -0.05) is 12.1 Å². The van der Waals surface area contributed by atoms with Crippen molar-refractivity contribution in [3.63, 3.8) is 0 Å². The smallest absolute Gasteiger partial charge is 0.327 e. The van der Waals surface area contributed by atoms with Gasteiger partial charge in [0.05, 0.1) is 10.9 Å². The zero-order valence-electron chi connectivity index (χ0n) is 11.4. The second-order valence-corrected chi connectivity index (χ2v) is 4.80. The number of hydrogen-bond donors (Lipinski definition) is 3. The maximum atomic E-state index is 12.2. The van der Waals surface area contributed by atoms with Crippen LogP contribution in [0.15, 0.2) is 45.8 Å². The fourth-order valence-electron chi connectivity index (χ4n) is 1.78. The Kier molecular flexibility index (Phi) is 5.00. The van der Waals surface area contributed by atoms with Crippen molar-refractivity contribution in [2.75, 3.05) is 5.75 Å². The van der Waals surface area contributed by atoms with Gasteiger partial charge < -0.3 is 14.8 Å². The summed E-state index contributed by atoms with van der Waals surface area (Å²) in [4.78, 5) is 34.6. The molecule has 0 bridgehead atoms. The summed E-state index contributed by atoms with van der Waals surface area (Å²) >= 11 is 3.84. The lowest BCUT2D eigenvalue weighted by atomic mass is 10.1. The fourth-order valence-corrected chi connectivity index (χ4v) is 2.03. The first kappa shape index (κ1) is 15.8. The van der Waals surface area contributed by atoms with E-state index in [1.54, 1.807) is 24.3 Å². The van der Waals surface area contributed by atoms with Crippen LogP contribution in [0, 0.1) is 0 Å². The molecule has 22 heavy (non-hydrogen) atoms. The summed E-state index contributed by atoms with van der Waals surface area (Å²) in [6.07, 6.45) is 3.62. The van der Waals surface area contributed by atoms with Gasteiger partial charge in [0.2, 0.25) is 5.91 Å². The van der Waals surface area contributed by atoms with Crippen LogP contribution in [-0.4, -0.2) is 28.8 Å². The minimum Gasteiger partial charge on any atom is -0.480 e. The van der Waals surface area contributed by atoms with Gasteiger partial charge in [-0.25, -0.2) is 4.79 Å². The molecule has 0 aliphatic carbocycles. The van der Waals surface area contributed by atoms with Gasteiger partial charge in [-0.05, 0) is 18.2 Å². The van der Waals surface area contributed by atoms with Crippen molar-refractivity contribution in [1.29, 1.82) is 0 Å². The number of nitrogens with one attached hydrogen (secondary N) is 1. The molecule has 6 nitrogen and oxygen atoms in total. The van der Waals surface area contributed by atoms with E-state index in [2.05, 4.69) is 17.9 Å². The molecule has 7 heteroatoms. The molecule has 0 aliphatic rings. The van der Waals surface area contributed by atoms with Crippen molar-refractivity contribution in [2.45, 2.75) is 6.04 Å². The van der Waals surface area contributed by atoms with E-state index in [9.17, 15) is 14.4 Å². The van der Waals surface area contributed by atoms with Gasteiger partial charge in [0, 0.05) is 11.8 Å². The van der Waals surface area contributed by atoms with Gasteiger partial charge in [0.25, 0.3) is 0 Å². The van der Waals surface area contributed by atoms with Crippen molar-refractivity contribution in [3.05, 3.63) is 52.4 Å². The van der Waals surface area contributed by atoms with E-state index in [1.807, 2.05) is 0 Å². The normalized spacial score (nSPS) is 12.4. The molecular weight excluding hydrogens is 306 g/mol. The van der Waals surface area contributed by atoms with Crippen molar-refractivity contribution < 1.29 is 19.1 Å². The molecule has 0 saturated carbocycles. The van der Waals surface area contributed by atoms with Crippen LogP contribution in [0.5, 0.6) is 0 Å². The van der Waals surface area contributed by atoms with Gasteiger partial charge in [-0.15, -0.1) is 0 Å². The van der Waals surface area contributed by atoms with Crippen LogP contribution in [0.4, 0.5) is 0 Å². The number of hydrogen-bond acceptors (Lipinski definition) is 5. The van der Waals surface area contributed by atoms with E-state index in [0.717, 1.165) is 6.08 Å². The van der Waals surface area contributed by atoms with Crippen LogP contribution in [0.25, 0.3) is 17.0 Å². The summed E-state index contributed by atoms with van der Waals surface area (Å²) < 4.78 is 5.31. The van der Waals surface area contributed by atoms with Crippen LogP contribution in [0.1, 0.15) is 5.56 Å². The molecule has 0 fully saturated rings. The molecule has 0 aliphatic heterocycles. The first-order valence-corrected chi connectivity index (χ1v) is 6.99. The number of carboxylic acids is 1. The monoisotopic (exact) mass is 319 g/mol. The van der Waals surface area contributed by atoms with E-state index < -0.39 is 17.9 Å². The molecule has 2 N–H and O–H groups in total. The number of carbonyl (C=O) groups excluding carboxylic acids is 1. The van der Waals surface area contributed by atoms with Gasteiger partial charge in [0.15, 0.2) is 5.43 Å². The Labute approximate surface area is 130 Å². The topological polar surface area (TPSA) is 96.6 Å². The molecule has 1 aromatic heterocycles. The summed E-state index contributed by atoms with van der Waals surface area (Å²) in [5.41, 5.74) is 0.386. The number of thiol groups is 1. The second-order valence-electron chi connectivity index (χ2n) is 4.43. The highest BCUT2D eigenvalue weighted by Gasteiger charge is 2.16. The number of carbonyl (C=O) groups is 2. The van der Waals surface area contributed by atoms with Gasteiger partial charge in [-0.3, -0.25) is 9.59 Å². The Hall–Kier alpha value is -2.54. The van der Waals surface area contributed by atoms with E-state index in [1.165, 1.54) is 12.3 Å². The predicted octanol–water partition coefficient (Wildman–Crippen LogP) is 1.31. The first-order chi connectivity index (χ1) is 10.5. The summed E-state index contributed by atoms with van der Waals surface area (Å²) in [6.45, 7) is 0. The minimum absolute atomic E-state index is 0.0347. The van der Waals surface area contributed by atoms with Crippen LogP contribution < -0.4 is 10.7 Å². The third-order valence-corrected chi connectivity index (χ3v) is 3.28. The molecule has 2 rings (SSSR count). The summed E-state index contributed by atoms with van der Waals surface area (Å²) in [5.74, 6) is -1.84. The molecule has 1 amide bonds. The van der Waals surface area contributed by atoms with Crippen LogP contribution in [0.3, 0.4) is 0 Å². The Balaban J connectivity index is 2.20. The lowest BCUT2D eigenvalue weighted by Crippen LogP contribution is -2.41. The number of rotatable bonds is 5. The highest BCUT2D eigenvalue weighted by atomic mass is 32.1. The maximum Gasteiger partial charge on any atom is 0.327 e. The predicted molar refractivity (Wildman–Crippen MR) is 84.9 cm³/mol. The largest absolute Gasteiger partial charge is 0.480 e. The van der Waals surface area contributed by atoms with Crippen molar-refractivity contribution in [1.82, 2.24) is 5.32 Å². The lowest BCUT2D eigenvalue weighted by Gasteiger charge is -2.09. The van der Waals surface area contributed by atoms with Gasteiger partial charge in [-0.2, -0.15) is 12.6 Å².